The molecule has 2 aromatic heterocycles. The molecule has 0 amide bonds. The van der Waals surface area contributed by atoms with Crippen LogP contribution in [0.25, 0.3) is 0 Å². The predicted octanol–water partition coefficient (Wildman–Crippen LogP) is 0.969. The summed E-state index contributed by atoms with van der Waals surface area (Å²) in [5, 5.41) is 7.78. The zero-order valence-corrected chi connectivity index (χ0v) is 11.1. The minimum atomic E-state index is 0.616. The van der Waals surface area contributed by atoms with Crippen molar-refractivity contribution in [2.75, 3.05) is 13.1 Å². The molecule has 0 aliphatic carbocycles. The molecule has 18 heavy (non-hydrogen) atoms. The lowest BCUT2D eigenvalue weighted by Gasteiger charge is -2.27. The molecule has 1 N–H and O–H groups in total. The maximum absolute atomic E-state index is 4.47. The molecule has 1 aliphatic heterocycles. The molecular formula is C13H19N5. The van der Waals surface area contributed by atoms with Gasteiger partial charge < -0.3 is 9.88 Å². The number of imidazole rings is 1. The second-order valence-electron chi connectivity index (χ2n) is 5.07. The van der Waals surface area contributed by atoms with Crippen LogP contribution in [0.1, 0.15) is 28.6 Å². The van der Waals surface area contributed by atoms with Crippen molar-refractivity contribution in [3.8, 4) is 0 Å². The fourth-order valence-electron chi connectivity index (χ4n) is 2.52. The topological polar surface area (TPSA) is 47.7 Å². The van der Waals surface area contributed by atoms with Crippen LogP contribution >= 0.6 is 0 Å². The molecule has 96 valence electrons. The van der Waals surface area contributed by atoms with E-state index in [4.69, 9.17) is 0 Å². The summed E-state index contributed by atoms with van der Waals surface area (Å²) >= 11 is 0. The Labute approximate surface area is 107 Å². The molecule has 2 aromatic rings. The largest absolute Gasteiger partial charge is 0.330 e. The van der Waals surface area contributed by atoms with Crippen molar-refractivity contribution in [1.29, 1.82) is 0 Å². The lowest BCUT2D eigenvalue weighted by atomic mass is 9.99. The summed E-state index contributed by atoms with van der Waals surface area (Å²) < 4.78 is 4.20. The smallest absolute Gasteiger partial charge is 0.0951 e. The Bertz CT molecular complexity index is 562. The fraction of sp³-hybridized carbons (Fsp3) is 0.538. The van der Waals surface area contributed by atoms with E-state index >= 15 is 0 Å². The van der Waals surface area contributed by atoms with Crippen molar-refractivity contribution in [1.82, 2.24) is 24.6 Å². The summed E-state index contributed by atoms with van der Waals surface area (Å²) in [5.41, 5.74) is 4.99. The summed E-state index contributed by atoms with van der Waals surface area (Å²) in [6.45, 7) is 7.20. The SMILES string of the molecule is Cc1nn(C)c(C)c1Cn1cncc1C1CNC1. The molecule has 1 aliphatic rings. The lowest BCUT2D eigenvalue weighted by molar-refractivity contribution is 0.427. The van der Waals surface area contributed by atoms with E-state index in [-0.39, 0.29) is 0 Å². The van der Waals surface area contributed by atoms with E-state index in [2.05, 4.69) is 33.8 Å². The number of hydrogen-bond donors (Lipinski definition) is 1. The van der Waals surface area contributed by atoms with E-state index in [1.54, 1.807) is 0 Å². The summed E-state index contributed by atoms with van der Waals surface area (Å²) in [7, 11) is 2.00. The van der Waals surface area contributed by atoms with E-state index in [9.17, 15) is 0 Å². The number of aromatic nitrogens is 4. The molecule has 0 aromatic carbocycles. The number of rotatable bonds is 3. The minimum absolute atomic E-state index is 0.616. The number of nitrogens with zero attached hydrogens (tertiary/aromatic N) is 4. The van der Waals surface area contributed by atoms with E-state index in [1.165, 1.54) is 17.0 Å². The van der Waals surface area contributed by atoms with E-state index in [0.29, 0.717) is 5.92 Å². The van der Waals surface area contributed by atoms with Crippen LogP contribution in [-0.4, -0.2) is 32.4 Å². The molecule has 0 radical (unpaired) electrons. The Morgan fingerprint density at radius 1 is 1.39 bits per heavy atom. The second kappa shape index (κ2) is 4.24. The number of nitrogens with one attached hydrogen (secondary N) is 1. The maximum Gasteiger partial charge on any atom is 0.0951 e. The van der Waals surface area contributed by atoms with Gasteiger partial charge in [-0.2, -0.15) is 5.10 Å². The number of hydrogen-bond acceptors (Lipinski definition) is 3. The predicted molar refractivity (Wildman–Crippen MR) is 69.6 cm³/mol. The van der Waals surface area contributed by atoms with Crippen molar-refractivity contribution in [3.05, 3.63) is 35.2 Å². The molecule has 0 spiro atoms. The van der Waals surface area contributed by atoms with Gasteiger partial charge in [0.25, 0.3) is 0 Å². The first-order chi connectivity index (χ1) is 8.66. The highest BCUT2D eigenvalue weighted by Gasteiger charge is 2.23. The van der Waals surface area contributed by atoms with Crippen molar-refractivity contribution < 1.29 is 0 Å². The minimum Gasteiger partial charge on any atom is -0.330 e. The van der Waals surface area contributed by atoms with Gasteiger partial charge in [-0.3, -0.25) is 4.68 Å². The van der Waals surface area contributed by atoms with Gasteiger partial charge in [0.2, 0.25) is 0 Å². The Hall–Kier alpha value is -1.62. The Morgan fingerprint density at radius 2 is 2.17 bits per heavy atom. The highest BCUT2D eigenvalue weighted by Crippen LogP contribution is 2.21. The number of aryl methyl sites for hydroxylation is 2. The first-order valence-electron chi connectivity index (χ1n) is 6.36. The average molecular weight is 245 g/mol. The van der Waals surface area contributed by atoms with Crippen molar-refractivity contribution in [2.45, 2.75) is 26.3 Å². The lowest BCUT2D eigenvalue weighted by Crippen LogP contribution is -2.40. The third kappa shape index (κ3) is 1.75. The maximum atomic E-state index is 4.47. The summed E-state index contributed by atoms with van der Waals surface area (Å²) in [4.78, 5) is 4.30. The Kier molecular flexibility index (Phi) is 2.70. The molecule has 0 saturated carbocycles. The zero-order chi connectivity index (χ0) is 12.7. The van der Waals surface area contributed by atoms with Gasteiger partial charge in [0, 0.05) is 49.2 Å². The first kappa shape index (κ1) is 11.5. The van der Waals surface area contributed by atoms with Crippen molar-refractivity contribution in [2.24, 2.45) is 7.05 Å². The highest BCUT2D eigenvalue weighted by atomic mass is 15.3. The quantitative estimate of drug-likeness (QED) is 0.876. The van der Waals surface area contributed by atoms with Gasteiger partial charge in [-0.15, -0.1) is 0 Å². The molecule has 5 heteroatoms. The van der Waals surface area contributed by atoms with Gasteiger partial charge in [-0.05, 0) is 13.8 Å². The molecular weight excluding hydrogens is 226 g/mol. The van der Waals surface area contributed by atoms with E-state index in [0.717, 1.165) is 25.3 Å². The van der Waals surface area contributed by atoms with Crippen molar-refractivity contribution in [3.63, 3.8) is 0 Å². The summed E-state index contributed by atoms with van der Waals surface area (Å²) in [6, 6.07) is 0. The highest BCUT2D eigenvalue weighted by molar-refractivity contribution is 5.26. The summed E-state index contributed by atoms with van der Waals surface area (Å²) in [5.74, 6) is 0.616. The van der Waals surface area contributed by atoms with Crippen LogP contribution in [0.4, 0.5) is 0 Å². The Morgan fingerprint density at radius 3 is 2.72 bits per heavy atom. The monoisotopic (exact) mass is 245 g/mol. The van der Waals surface area contributed by atoms with Crippen LogP contribution in [0.15, 0.2) is 12.5 Å². The molecule has 5 nitrogen and oxygen atoms in total. The van der Waals surface area contributed by atoms with Crippen LogP contribution in [-0.2, 0) is 13.6 Å². The molecule has 3 rings (SSSR count). The van der Waals surface area contributed by atoms with Gasteiger partial charge in [0.05, 0.1) is 18.6 Å². The average Bonchev–Trinajstić information content (AvgIpc) is 2.78. The van der Waals surface area contributed by atoms with Crippen LogP contribution in [0.3, 0.4) is 0 Å². The van der Waals surface area contributed by atoms with Crippen LogP contribution < -0.4 is 5.32 Å². The molecule has 1 saturated heterocycles. The third-order valence-electron chi connectivity index (χ3n) is 3.93. The van der Waals surface area contributed by atoms with Gasteiger partial charge in [-0.1, -0.05) is 0 Å². The van der Waals surface area contributed by atoms with Crippen molar-refractivity contribution >= 4 is 0 Å². The Balaban J connectivity index is 1.90. The molecule has 0 atom stereocenters. The van der Waals surface area contributed by atoms with E-state index < -0.39 is 0 Å². The summed E-state index contributed by atoms with van der Waals surface area (Å²) in [6.07, 6.45) is 3.92. The molecule has 0 bridgehead atoms. The fourth-order valence-corrected chi connectivity index (χ4v) is 2.52. The molecule has 0 unspecified atom stereocenters. The molecule has 3 heterocycles. The van der Waals surface area contributed by atoms with Gasteiger partial charge in [-0.25, -0.2) is 4.98 Å². The standard InChI is InChI=1S/C13H19N5/c1-9-12(10(2)17(3)16-9)7-18-8-15-6-13(18)11-4-14-5-11/h6,8,11,14H,4-5,7H2,1-3H3. The molecule has 1 fully saturated rings. The zero-order valence-electron chi connectivity index (χ0n) is 11.1. The van der Waals surface area contributed by atoms with Crippen LogP contribution in [0.2, 0.25) is 0 Å². The van der Waals surface area contributed by atoms with Gasteiger partial charge in [0.1, 0.15) is 0 Å². The normalized spacial score (nSPS) is 15.9. The van der Waals surface area contributed by atoms with Crippen LogP contribution in [0, 0.1) is 13.8 Å². The van der Waals surface area contributed by atoms with Gasteiger partial charge >= 0.3 is 0 Å². The second-order valence-corrected chi connectivity index (χ2v) is 5.07. The van der Waals surface area contributed by atoms with E-state index in [1.807, 2.05) is 24.3 Å². The first-order valence-corrected chi connectivity index (χ1v) is 6.36. The van der Waals surface area contributed by atoms with Crippen LogP contribution in [0.5, 0.6) is 0 Å². The van der Waals surface area contributed by atoms with Gasteiger partial charge in [0.15, 0.2) is 0 Å². The third-order valence-corrected chi connectivity index (χ3v) is 3.93.